The SMILES string of the molecule is [O]=[Er].[O]=[Ho]. The van der Waals surface area contributed by atoms with Gasteiger partial charge in [-0.15, -0.1) is 0 Å². The van der Waals surface area contributed by atoms with Crippen molar-refractivity contribution in [1.82, 2.24) is 0 Å². The molecule has 0 fully saturated rings. The molecular formula is ErHoO2. The number of rotatable bonds is 0. The van der Waals surface area contributed by atoms with Gasteiger partial charge in [-0.3, -0.25) is 0 Å². The second-order valence-corrected chi connectivity index (χ2v) is 0. The van der Waals surface area contributed by atoms with Gasteiger partial charge in [0.2, 0.25) is 0 Å². The molecule has 2 nitrogen and oxygen atoms in total. The van der Waals surface area contributed by atoms with Gasteiger partial charge in [0.25, 0.3) is 0 Å². The van der Waals surface area contributed by atoms with E-state index in [0.717, 1.165) is 35.9 Å². The van der Waals surface area contributed by atoms with E-state index >= 15 is 0 Å². The molecule has 0 aliphatic carbocycles. The summed E-state index contributed by atoms with van der Waals surface area (Å²) in [6.07, 6.45) is 0. The van der Waals surface area contributed by atoms with Crippen molar-refractivity contribution in [2.75, 3.05) is 0 Å². The quantitative estimate of drug-likeness (QED) is 0.557. The van der Waals surface area contributed by atoms with Crippen LogP contribution in [-0.4, -0.2) is 0 Å². The zero-order chi connectivity index (χ0) is 4.00. The molecule has 0 atom stereocenters. The minimum atomic E-state index is 1.03. The molecule has 4 heavy (non-hydrogen) atoms. The molecule has 0 aromatic rings. The van der Waals surface area contributed by atoms with Crippen LogP contribution in [0.15, 0.2) is 0 Å². The van der Waals surface area contributed by atoms with Crippen LogP contribution >= 0.6 is 0 Å². The fraction of sp³-hybridized carbons (Fsp3) is 0. The maximum atomic E-state index is 8.19. The van der Waals surface area contributed by atoms with E-state index in [2.05, 4.69) is 0 Å². The van der Waals surface area contributed by atoms with Crippen molar-refractivity contribution in [3.63, 3.8) is 0 Å². The van der Waals surface area contributed by atoms with Crippen LogP contribution in [-0.2, 0) is 2.92 Å². The van der Waals surface area contributed by atoms with E-state index in [1.807, 2.05) is 0 Å². The van der Waals surface area contributed by atoms with Gasteiger partial charge in [0, 0.05) is 0 Å². The average molecular weight is 364 g/mol. The Morgan fingerprint density at radius 2 is 1.25 bits per heavy atom. The molecule has 0 N–H and O–H groups in total. The van der Waals surface area contributed by atoms with E-state index in [1.54, 1.807) is 0 Å². The molecule has 4 heteroatoms. The molecule has 0 saturated carbocycles. The molecule has 0 radical (unpaired) electrons. The van der Waals surface area contributed by atoms with Crippen LogP contribution in [0.5, 0.6) is 0 Å². The van der Waals surface area contributed by atoms with Gasteiger partial charge in [0.05, 0.1) is 0 Å². The fourth-order valence-electron chi connectivity index (χ4n) is 0. The summed E-state index contributed by atoms with van der Waals surface area (Å²) in [5.41, 5.74) is 0. The van der Waals surface area contributed by atoms with E-state index in [0.29, 0.717) is 0 Å². The summed E-state index contributed by atoms with van der Waals surface area (Å²) in [5.74, 6) is 0. The van der Waals surface area contributed by atoms with Crippen molar-refractivity contribution in [2.24, 2.45) is 0 Å². The van der Waals surface area contributed by atoms with Crippen LogP contribution < -0.4 is 0 Å². The molecule has 0 saturated heterocycles. The zero-order valence-corrected chi connectivity index (χ0v) is 5.19. The van der Waals surface area contributed by atoms with Crippen LogP contribution in [0.4, 0.5) is 0 Å². The van der Waals surface area contributed by atoms with E-state index in [4.69, 9.17) is 2.92 Å². The first-order chi connectivity index (χ1) is 2.00. The van der Waals surface area contributed by atoms with Crippen molar-refractivity contribution >= 4 is 0 Å². The van der Waals surface area contributed by atoms with Crippen LogP contribution in [0.2, 0.25) is 0 Å². The van der Waals surface area contributed by atoms with Crippen molar-refractivity contribution in [3.8, 4) is 0 Å². The minimum absolute atomic E-state index is 1.03. The maximum absolute atomic E-state index is 8.19. The average Bonchev–Trinajstić information content (AvgIpc) is 1.50. The third kappa shape index (κ3) is 8.93. The van der Waals surface area contributed by atoms with E-state index < -0.39 is 0 Å². The first kappa shape index (κ1) is 9.44. The molecule has 0 amide bonds. The van der Waals surface area contributed by atoms with Crippen LogP contribution in [0.25, 0.3) is 0 Å². The van der Waals surface area contributed by atoms with Crippen LogP contribution in [0.3, 0.4) is 0 Å². The van der Waals surface area contributed by atoms with Crippen LogP contribution in [0.1, 0.15) is 0 Å². The molecule has 35 valence electrons. The van der Waals surface area contributed by atoms with Crippen LogP contribution in [0, 0.1) is 71.3 Å². The molecule has 0 bridgehead atoms. The second kappa shape index (κ2) is 19.4. The summed E-state index contributed by atoms with van der Waals surface area (Å²) >= 11 is 2.19. The number of hydrogen-bond donors (Lipinski definition) is 0. The first-order valence-corrected chi connectivity index (χ1v) is 1.79. The van der Waals surface area contributed by atoms with Crippen molar-refractivity contribution in [2.45, 2.75) is 0 Å². The Hall–Kier alpha value is 2.11. The third-order valence-corrected chi connectivity index (χ3v) is 0. The van der Waals surface area contributed by atoms with Crippen molar-refractivity contribution in [3.05, 3.63) is 0 Å². The predicted molar refractivity (Wildman–Crippen MR) is 1.37 cm³/mol. The van der Waals surface area contributed by atoms with E-state index in [-0.39, 0.29) is 0 Å². The normalized spacial score (nSPS) is 3.00. The summed E-state index contributed by atoms with van der Waals surface area (Å²) in [7, 11) is 0. The fourth-order valence-corrected chi connectivity index (χ4v) is 0. The summed E-state index contributed by atoms with van der Waals surface area (Å²) in [4.78, 5) is 0. The number of hydrogen-bond acceptors (Lipinski definition) is 2. The summed E-state index contributed by atoms with van der Waals surface area (Å²) in [6.45, 7) is 0. The van der Waals surface area contributed by atoms with Gasteiger partial charge < -0.3 is 0 Å². The standard InChI is InChI=1S/Er.Ho.2O. The van der Waals surface area contributed by atoms with Crippen molar-refractivity contribution in [1.29, 1.82) is 0 Å². The molecule has 0 spiro atoms. The molecule has 0 aliphatic heterocycles. The summed E-state index contributed by atoms with van der Waals surface area (Å²) in [5, 5.41) is 0. The molecule has 0 aromatic carbocycles. The molecule has 0 aromatic heterocycles. The zero-order valence-electron chi connectivity index (χ0n) is 1.41. The molecule has 0 rings (SSSR count). The van der Waals surface area contributed by atoms with Crippen molar-refractivity contribution < 1.29 is 74.3 Å². The Balaban J connectivity index is 0. The van der Waals surface area contributed by atoms with Gasteiger partial charge in [-0.2, -0.15) is 0 Å². The monoisotopic (exact) mass is 363 g/mol. The van der Waals surface area contributed by atoms with Gasteiger partial charge in [-0.25, -0.2) is 0 Å². The molecule has 0 heterocycles. The molecule has 0 unspecified atom stereocenters. The molecular weight excluding hydrogens is 364 g/mol. The van der Waals surface area contributed by atoms with Gasteiger partial charge in [0.15, 0.2) is 0 Å². The predicted octanol–water partition coefficient (Wildman–Crippen LogP) is -0.238. The second-order valence-electron chi connectivity index (χ2n) is 0. The Labute approximate surface area is 72.4 Å². The Morgan fingerprint density at radius 1 is 1.25 bits per heavy atom. The van der Waals surface area contributed by atoms with Gasteiger partial charge in [0.1, 0.15) is 0 Å². The Morgan fingerprint density at radius 3 is 1.25 bits per heavy atom. The summed E-state index contributed by atoms with van der Waals surface area (Å²) < 4.78 is 16.4. The first-order valence-electron chi connectivity index (χ1n) is 0.241. The van der Waals surface area contributed by atoms with Gasteiger partial charge in [-0.1, -0.05) is 0 Å². The Bertz CT molecular complexity index is 8.00. The topological polar surface area (TPSA) is 34.1 Å². The van der Waals surface area contributed by atoms with E-state index in [9.17, 15) is 0 Å². The Kier molecular flexibility index (Phi) is 45.8. The third-order valence-electron chi connectivity index (χ3n) is 0. The van der Waals surface area contributed by atoms with E-state index in [1.165, 1.54) is 35.5 Å². The molecule has 0 aliphatic rings. The summed E-state index contributed by atoms with van der Waals surface area (Å²) in [6, 6.07) is 0. The van der Waals surface area contributed by atoms with Gasteiger partial charge >= 0.3 is 74.3 Å². The van der Waals surface area contributed by atoms with Gasteiger partial charge in [-0.05, 0) is 0 Å².